The molecule has 2 aliphatic rings. The molecule has 7 heteroatoms. The van der Waals surface area contributed by atoms with Crippen LogP contribution in [0.15, 0.2) is 34.9 Å². The van der Waals surface area contributed by atoms with Gasteiger partial charge in [0.25, 0.3) is 5.91 Å². The summed E-state index contributed by atoms with van der Waals surface area (Å²) in [5.41, 5.74) is 1.37. The molecule has 1 aromatic heterocycles. The minimum absolute atomic E-state index is 0.172. The van der Waals surface area contributed by atoms with E-state index >= 15 is 0 Å². The smallest absolute Gasteiger partial charge is 0.273 e. The number of hydrogen-bond acceptors (Lipinski definition) is 5. The quantitative estimate of drug-likeness (QED) is 0.662. The SMILES string of the molecule is COc1ccc(CCNC(=O)c2cc(CN(C(=O)C3CC3)C3CCCCC3)on2)cc1. The van der Waals surface area contributed by atoms with Gasteiger partial charge in [0.2, 0.25) is 5.91 Å². The number of amides is 2. The Morgan fingerprint density at radius 1 is 1.13 bits per heavy atom. The van der Waals surface area contributed by atoms with Crippen LogP contribution < -0.4 is 10.1 Å². The summed E-state index contributed by atoms with van der Waals surface area (Å²) in [4.78, 5) is 27.3. The van der Waals surface area contributed by atoms with E-state index in [4.69, 9.17) is 9.26 Å². The second-order valence-corrected chi connectivity index (χ2v) is 8.56. The summed E-state index contributed by atoms with van der Waals surface area (Å²) in [7, 11) is 1.64. The Morgan fingerprint density at radius 3 is 2.55 bits per heavy atom. The van der Waals surface area contributed by atoms with Crippen LogP contribution in [0, 0.1) is 5.92 Å². The fourth-order valence-corrected chi connectivity index (χ4v) is 4.21. The number of methoxy groups -OCH3 is 1. The number of carbonyl (C=O) groups is 2. The molecule has 0 saturated heterocycles. The molecule has 2 fully saturated rings. The first-order chi connectivity index (χ1) is 15.1. The molecular weight excluding hydrogens is 394 g/mol. The third-order valence-electron chi connectivity index (χ3n) is 6.20. The van der Waals surface area contributed by atoms with E-state index in [1.54, 1.807) is 13.2 Å². The Balaban J connectivity index is 1.31. The van der Waals surface area contributed by atoms with Gasteiger partial charge in [-0.1, -0.05) is 36.6 Å². The number of nitrogens with one attached hydrogen (secondary N) is 1. The minimum atomic E-state index is -0.263. The van der Waals surface area contributed by atoms with Crippen molar-refractivity contribution in [1.29, 1.82) is 0 Å². The molecule has 0 unspecified atom stereocenters. The molecule has 0 bridgehead atoms. The van der Waals surface area contributed by atoms with Crippen molar-refractivity contribution < 1.29 is 18.8 Å². The molecule has 4 rings (SSSR count). The van der Waals surface area contributed by atoms with Gasteiger partial charge in [-0.05, 0) is 49.8 Å². The number of aromatic nitrogens is 1. The molecule has 166 valence electrons. The molecular formula is C24H31N3O4. The fourth-order valence-electron chi connectivity index (χ4n) is 4.21. The zero-order valence-electron chi connectivity index (χ0n) is 18.1. The van der Waals surface area contributed by atoms with Crippen molar-refractivity contribution in [3.63, 3.8) is 0 Å². The molecule has 1 aromatic carbocycles. The van der Waals surface area contributed by atoms with Gasteiger partial charge >= 0.3 is 0 Å². The third kappa shape index (κ3) is 5.66. The van der Waals surface area contributed by atoms with Crippen molar-refractivity contribution >= 4 is 11.8 Å². The topological polar surface area (TPSA) is 84.7 Å². The van der Waals surface area contributed by atoms with Crippen LogP contribution in [-0.4, -0.2) is 41.6 Å². The van der Waals surface area contributed by atoms with E-state index in [-0.39, 0.29) is 29.5 Å². The Labute approximate surface area is 183 Å². The summed E-state index contributed by atoms with van der Waals surface area (Å²) in [5, 5.41) is 6.82. The van der Waals surface area contributed by atoms with Gasteiger partial charge < -0.3 is 19.5 Å². The summed E-state index contributed by atoms with van der Waals surface area (Å²) < 4.78 is 10.6. The van der Waals surface area contributed by atoms with E-state index in [1.165, 1.54) is 6.42 Å². The molecule has 2 aromatic rings. The van der Waals surface area contributed by atoms with Gasteiger partial charge in [0, 0.05) is 24.6 Å². The molecule has 31 heavy (non-hydrogen) atoms. The average Bonchev–Trinajstić information content (AvgIpc) is 3.56. The lowest BCUT2D eigenvalue weighted by Crippen LogP contribution is -2.41. The Bertz CT molecular complexity index is 882. The number of rotatable bonds is 9. The number of nitrogens with zero attached hydrogens (tertiary/aromatic N) is 2. The van der Waals surface area contributed by atoms with Crippen LogP contribution in [0.25, 0.3) is 0 Å². The van der Waals surface area contributed by atoms with Gasteiger partial charge in [-0.3, -0.25) is 9.59 Å². The first-order valence-corrected chi connectivity index (χ1v) is 11.3. The van der Waals surface area contributed by atoms with Crippen LogP contribution in [-0.2, 0) is 17.8 Å². The first-order valence-electron chi connectivity index (χ1n) is 11.3. The highest BCUT2D eigenvalue weighted by Crippen LogP contribution is 2.34. The molecule has 0 spiro atoms. The van der Waals surface area contributed by atoms with Gasteiger partial charge in [0.05, 0.1) is 13.7 Å². The van der Waals surface area contributed by atoms with Gasteiger partial charge in [0.1, 0.15) is 5.75 Å². The van der Waals surface area contributed by atoms with Crippen LogP contribution in [0.3, 0.4) is 0 Å². The molecule has 2 aliphatic carbocycles. The maximum atomic E-state index is 12.8. The van der Waals surface area contributed by atoms with Gasteiger partial charge in [0.15, 0.2) is 11.5 Å². The minimum Gasteiger partial charge on any atom is -0.497 e. The fraction of sp³-hybridized carbons (Fsp3) is 0.542. The Kier molecular flexibility index (Phi) is 6.89. The number of ether oxygens (including phenoxy) is 1. The van der Waals surface area contributed by atoms with E-state index < -0.39 is 0 Å². The molecule has 0 aliphatic heterocycles. The highest BCUT2D eigenvalue weighted by atomic mass is 16.5. The maximum absolute atomic E-state index is 12.8. The summed E-state index contributed by atoms with van der Waals surface area (Å²) in [6, 6.07) is 9.71. The summed E-state index contributed by atoms with van der Waals surface area (Å²) >= 11 is 0. The number of benzene rings is 1. The van der Waals surface area contributed by atoms with Crippen LogP contribution in [0.2, 0.25) is 0 Å². The zero-order valence-corrected chi connectivity index (χ0v) is 18.1. The standard InChI is InChI=1S/C24H31N3O4/c1-30-20-11-7-17(8-12-20)13-14-25-23(28)22-15-21(31-26-22)16-27(24(29)18-9-10-18)19-5-3-2-4-6-19/h7-8,11-12,15,18-19H,2-6,9-10,13-14,16H2,1H3,(H,25,28). The normalized spacial score (nSPS) is 16.7. The molecule has 7 nitrogen and oxygen atoms in total. The van der Waals surface area contributed by atoms with Gasteiger partial charge in [-0.2, -0.15) is 0 Å². The predicted molar refractivity (Wildman–Crippen MR) is 116 cm³/mol. The van der Waals surface area contributed by atoms with E-state index in [9.17, 15) is 9.59 Å². The van der Waals surface area contributed by atoms with E-state index in [0.29, 0.717) is 25.3 Å². The molecule has 2 amide bonds. The lowest BCUT2D eigenvalue weighted by molar-refractivity contribution is -0.136. The Morgan fingerprint density at radius 2 is 1.87 bits per heavy atom. The van der Waals surface area contributed by atoms with Crippen LogP contribution >= 0.6 is 0 Å². The van der Waals surface area contributed by atoms with E-state index in [2.05, 4.69) is 10.5 Å². The van der Waals surface area contributed by atoms with Gasteiger partial charge in [-0.25, -0.2) is 0 Å². The first kappa shape index (κ1) is 21.4. The lowest BCUT2D eigenvalue weighted by Gasteiger charge is -2.34. The van der Waals surface area contributed by atoms with Crippen molar-refractivity contribution in [1.82, 2.24) is 15.4 Å². The summed E-state index contributed by atoms with van der Waals surface area (Å²) in [5.74, 6) is 1.52. The Hall–Kier alpha value is -2.83. The molecule has 0 radical (unpaired) electrons. The third-order valence-corrected chi connectivity index (χ3v) is 6.20. The second kappa shape index (κ2) is 9.98. The second-order valence-electron chi connectivity index (χ2n) is 8.56. The van der Waals surface area contributed by atoms with Crippen LogP contribution in [0.1, 0.15) is 66.8 Å². The predicted octanol–water partition coefficient (Wildman–Crippen LogP) is 3.73. The highest BCUT2D eigenvalue weighted by Gasteiger charge is 2.37. The highest BCUT2D eigenvalue weighted by molar-refractivity contribution is 5.92. The monoisotopic (exact) mass is 425 g/mol. The number of carbonyl (C=O) groups excluding carboxylic acids is 2. The number of hydrogen-bond donors (Lipinski definition) is 1. The maximum Gasteiger partial charge on any atom is 0.273 e. The molecule has 1 N–H and O–H groups in total. The van der Waals surface area contributed by atoms with Crippen molar-refractivity contribution in [3.05, 3.63) is 47.3 Å². The van der Waals surface area contributed by atoms with Gasteiger partial charge in [-0.15, -0.1) is 0 Å². The van der Waals surface area contributed by atoms with Crippen LogP contribution in [0.5, 0.6) is 5.75 Å². The average molecular weight is 426 g/mol. The molecule has 2 saturated carbocycles. The van der Waals surface area contributed by atoms with Crippen molar-refractivity contribution in [2.24, 2.45) is 5.92 Å². The van der Waals surface area contributed by atoms with Crippen molar-refractivity contribution in [3.8, 4) is 5.75 Å². The van der Waals surface area contributed by atoms with E-state index in [0.717, 1.165) is 49.8 Å². The van der Waals surface area contributed by atoms with Crippen LogP contribution in [0.4, 0.5) is 0 Å². The largest absolute Gasteiger partial charge is 0.497 e. The molecule has 0 atom stereocenters. The summed E-state index contributed by atoms with van der Waals surface area (Å²) in [6.07, 6.45) is 8.35. The molecule has 1 heterocycles. The van der Waals surface area contributed by atoms with Crippen molar-refractivity contribution in [2.75, 3.05) is 13.7 Å². The summed E-state index contributed by atoms with van der Waals surface area (Å²) in [6.45, 7) is 0.897. The lowest BCUT2D eigenvalue weighted by atomic mass is 9.93. The van der Waals surface area contributed by atoms with E-state index in [1.807, 2.05) is 29.2 Å². The van der Waals surface area contributed by atoms with Crippen molar-refractivity contribution in [2.45, 2.75) is 64.0 Å². The zero-order chi connectivity index (χ0) is 21.6.